The number of piperidine rings is 2. The summed E-state index contributed by atoms with van der Waals surface area (Å²) in [4.78, 5) is 31.4. The molecule has 0 bridgehead atoms. The van der Waals surface area contributed by atoms with E-state index in [1.165, 1.54) is 0 Å². The molecule has 0 radical (unpaired) electrons. The van der Waals surface area contributed by atoms with Crippen molar-refractivity contribution >= 4 is 35.8 Å². The van der Waals surface area contributed by atoms with Crippen molar-refractivity contribution in [2.45, 2.75) is 37.8 Å². The second kappa shape index (κ2) is 12.0. The molecule has 2 aromatic rings. The Balaban J connectivity index is 0.000000176. The van der Waals surface area contributed by atoms with E-state index in [0.29, 0.717) is 5.02 Å². The predicted molar refractivity (Wildman–Crippen MR) is 125 cm³/mol. The number of carbonyl (C=O) groups excluding carboxylic acids is 2. The quantitative estimate of drug-likeness (QED) is 0.717. The first-order chi connectivity index (χ1) is 15.1. The fraction of sp³-hybridized carbons (Fsp3) is 0.333. The van der Waals surface area contributed by atoms with Crippen LogP contribution in [0.2, 0.25) is 5.02 Å². The summed E-state index contributed by atoms with van der Waals surface area (Å²) in [5, 5.41) is 6.32. The number of nitrogens with zero attached hydrogens (tertiary/aromatic N) is 2. The van der Waals surface area contributed by atoms with E-state index >= 15 is 0 Å². The van der Waals surface area contributed by atoms with Gasteiger partial charge in [-0.2, -0.15) is 0 Å². The van der Waals surface area contributed by atoms with E-state index in [4.69, 9.17) is 11.6 Å². The van der Waals surface area contributed by atoms with Crippen molar-refractivity contribution in [1.82, 2.24) is 10.6 Å². The number of amides is 2. The SMILES string of the molecule is O=C1NCCCC1N=Cc1ccc(Cl)cc1.O=C1NCCCC1N=Cc1ccccc1. The van der Waals surface area contributed by atoms with Crippen LogP contribution in [0.15, 0.2) is 64.6 Å². The van der Waals surface area contributed by atoms with Crippen LogP contribution in [0.5, 0.6) is 0 Å². The highest BCUT2D eigenvalue weighted by Gasteiger charge is 2.20. The zero-order valence-electron chi connectivity index (χ0n) is 17.3. The maximum Gasteiger partial charge on any atom is 0.244 e. The third-order valence-corrected chi connectivity index (χ3v) is 5.24. The number of hydrogen-bond donors (Lipinski definition) is 2. The van der Waals surface area contributed by atoms with Crippen molar-refractivity contribution in [1.29, 1.82) is 0 Å². The largest absolute Gasteiger partial charge is 0.354 e. The maximum absolute atomic E-state index is 11.4. The lowest BCUT2D eigenvalue weighted by atomic mass is 10.1. The predicted octanol–water partition coefficient (Wildman–Crippen LogP) is 3.42. The van der Waals surface area contributed by atoms with Crippen molar-refractivity contribution in [3.63, 3.8) is 0 Å². The highest BCUT2D eigenvalue weighted by Crippen LogP contribution is 2.10. The zero-order chi connectivity index (χ0) is 21.9. The van der Waals surface area contributed by atoms with Crippen molar-refractivity contribution < 1.29 is 9.59 Å². The van der Waals surface area contributed by atoms with Gasteiger partial charge in [0.05, 0.1) is 0 Å². The summed E-state index contributed by atoms with van der Waals surface area (Å²) in [7, 11) is 0. The molecule has 7 heteroatoms. The van der Waals surface area contributed by atoms with Crippen LogP contribution in [0.4, 0.5) is 0 Å². The summed E-state index contributed by atoms with van der Waals surface area (Å²) in [6.07, 6.45) is 7.20. The van der Waals surface area contributed by atoms with E-state index in [1.54, 1.807) is 12.4 Å². The topological polar surface area (TPSA) is 82.9 Å². The molecule has 2 fully saturated rings. The second-order valence-electron chi connectivity index (χ2n) is 7.42. The first kappa shape index (κ1) is 22.7. The molecule has 2 amide bonds. The zero-order valence-corrected chi connectivity index (χ0v) is 18.1. The Morgan fingerprint density at radius 3 is 1.71 bits per heavy atom. The molecule has 2 saturated heterocycles. The number of carbonyl (C=O) groups is 2. The van der Waals surface area contributed by atoms with E-state index in [9.17, 15) is 9.59 Å². The Bertz CT molecular complexity index is 913. The number of halogens is 1. The van der Waals surface area contributed by atoms with Gasteiger partial charge in [-0.1, -0.05) is 54.1 Å². The number of nitrogens with one attached hydrogen (secondary N) is 2. The molecule has 4 rings (SSSR count). The molecule has 0 aromatic heterocycles. The Labute approximate surface area is 187 Å². The van der Waals surface area contributed by atoms with Crippen molar-refractivity contribution in [2.24, 2.45) is 9.98 Å². The monoisotopic (exact) mass is 438 g/mol. The third-order valence-electron chi connectivity index (χ3n) is 4.99. The van der Waals surface area contributed by atoms with E-state index in [-0.39, 0.29) is 23.9 Å². The van der Waals surface area contributed by atoms with E-state index < -0.39 is 0 Å². The van der Waals surface area contributed by atoms with Gasteiger partial charge < -0.3 is 10.6 Å². The van der Waals surface area contributed by atoms with Gasteiger partial charge in [-0.3, -0.25) is 19.6 Å². The Morgan fingerprint density at radius 2 is 1.23 bits per heavy atom. The number of rotatable bonds is 4. The van der Waals surface area contributed by atoms with Gasteiger partial charge in [0.1, 0.15) is 12.1 Å². The van der Waals surface area contributed by atoms with Crippen LogP contribution in [-0.4, -0.2) is 49.4 Å². The first-order valence-electron chi connectivity index (χ1n) is 10.5. The molecule has 2 aromatic carbocycles. The molecule has 0 spiro atoms. The Morgan fingerprint density at radius 1 is 0.742 bits per heavy atom. The lowest BCUT2D eigenvalue weighted by molar-refractivity contribution is -0.124. The van der Waals surface area contributed by atoms with Crippen molar-refractivity contribution in [3.8, 4) is 0 Å². The fourth-order valence-electron chi connectivity index (χ4n) is 3.24. The van der Waals surface area contributed by atoms with Crippen LogP contribution in [0.25, 0.3) is 0 Å². The maximum atomic E-state index is 11.4. The Hall–Kier alpha value is -2.99. The molecule has 31 heavy (non-hydrogen) atoms. The third kappa shape index (κ3) is 7.64. The van der Waals surface area contributed by atoms with Crippen molar-refractivity contribution in [3.05, 3.63) is 70.7 Å². The minimum absolute atomic E-state index is 0.0245. The van der Waals surface area contributed by atoms with Crippen LogP contribution >= 0.6 is 11.6 Å². The minimum atomic E-state index is -0.232. The average Bonchev–Trinajstić information content (AvgIpc) is 2.80. The molecule has 2 heterocycles. The second-order valence-corrected chi connectivity index (χ2v) is 7.85. The highest BCUT2D eigenvalue weighted by atomic mass is 35.5. The molecule has 0 aliphatic carbocycles. The fourth-order valence-corrected chi connectivity index (χ4v) is 3.36. The van der Waals surface area contributed by atoms with Gasteiger partial charge in [-0.05, 0) is 48.9 Å². The average molecular weight is 439 g/mol. The molecular weight excluding hydrogens is 412 g/mol. The van der Waals surface area contributed by atoms with E-state index in [2.05, 4.69) is 20.6 Å². The summed E-state index contributed by atoms with van der Waals surface area (Å²) >= 11 is 5.78. The molecule has 162 valence electrons. The number of benzene rings is 2. The van der Waals surface area contributed by atoms with Gasteiger partial charge >= 0.3 is 0 Å². The van der Waals surface area contributed by atoms with E-state index in [0.717, 1.165) is 49.9 Å². The molecule has 2 aliphatic rings. The summed E-state index contributed by atoms with van der Waals surface area (Å²) in [6.45, 7) is 1.56. The molecule has 2 unspecified atom stereocenters. The van der Waals surface area contributed by atoms with Crippen LogP contribution in [0.3, 0.4) is 0 Å². The van der Waals surface area contributed by atoms with Crippen LogP contribution in [-0.2, 0) is 9.59 Å². The van der Waals surface area contributed by atoms with Crippen molar-refractivity contribution in [2.75, 3.05) is 13.1 Å². The first-order valence-corrected chi connectivity index (χ1v) is 10.9. The van der Waals surface area contributed by atoms with Gasteiger partial charge in [0.2, 0.25) is 11.8 Å². The Kier molecular flexibility index (Phi) is 8.79. The van der Waals surface area contributed by atoms with Gasteiger partial charge in [0, 0.05) is 30.5 Å². The molecule has 6 nitrogen and oxygen atoms in total. The number of aliphatic imine (C=N–C) groups is 2. The number of hydrogen-bond acceptors (Lipinski definition) is 4. The lowest BCUT2D eigenvalue weighted by Gasteiger charge is -2.17. The summed E-state index contributed by atoms with van der Waals surface area (Å²) < 4.78 is 0. The van der Waals surface area contributed by atoms with E-state index in [1.807, 2.05) is 54.6 Å². The van der Waals surface area contributed by atoms with Gasteiger partial charge in [0.15, 0.2) is 0 Å². The molecule has 2 atom stereocenters. The smallest absolute Gasteiger partial charge is 0.244 e. The molecular formula is C24H27ClN4O2. The minimum Gasteiger partial charge on any atom is -0.354 e. The highest BCUT2D eigenvalue weighted by molar-refractivity contribution is 6.30. The molecule has 2 N–H and O–H groups in total. The molecule has 0 saturated carbocycles. The van der Waals surface area contributed by atoms with Gasteiger partial charge in [0.25, 0.3) is 0 Å². The summed E-state index contributed by atoms with van der Waals surface area (Å²) in [6, 6.07) is 16.8. The summed E-state index contributed by atoms with van der Waals surface area (Å²) in [5.74, 6) is 0.0740. The van der Waals surface area contributed by atoms with Crippen LogP contribution < -0.4 is 10.6 Å². The van der Waals surface area contributed by atoms with Crippen LogP contribution in [0, 0.1) is 0 Å². The molecule has 2 aliphatic heterocycles. The standard InChI is InChI=1S/C12H13ClN2O.C12H14N2O/c13-10-5-3-9(4-6-10)8-15-11-2-1-7-14-12(11)16;15-12-11(7-4-8-13-12)14-9-10-5-2-1-3-6-10/h3-6,8,11H,1-2,7H2,(H,14,16);1-3,5-6,9,11H,4,7-8H2,(H,13,15). The normalized spacial score (nSPS) is 21.3. The lowest BCUT2D eigenvalue weighted by Crippen LogP contribution is -2.39. The summed E-state index contributed by atoms with van der Waals surface area (Å²) in [5.41, 5.74) is 2.00. The van der Waals surface area contributed by atoms with Gasteiger partial charge in [-0.15, -0.1) is 0 Å². The van der Waals surface area contributed by atoms with Crippen LogP contribution in [0.1, 0.15) is 36.8 Å². The van der Waals surface area contributed by atoms with Gasteiger partial charge in [-0.25, -0.2) is 0 Å².